The van der Waals surface area contributed by atoms with Crippen molar-refractivity contribution >= 4 is 39.1 Å². The Morgan fingerprint density at radius 1 is 1.03 bits per heavy atom. The molecule has 5 heterocycles. The Kier molecular flexibility index (Phi) is 5.00. The SMILES string of the molecule is Cc1ccccc1-n1c(SCc2nnc3n(C)c(=O)c4sccc4n23)nnc1-c1cccnc1. The second-order valence-electron chi connectivity index (χ2n) is 7.71. The minimum Gasteiger partial charge on any atom is -0.279 e. The molecule has 5 aromatic heterocycles. The van der Waals surface area contributed by atoms with Crippen molar-refractivity contribution in [3.8, 4) is 17.1 Å². The van der Waals surface area contributed by atoms with Gasteiger partial charge in [0.15, 0.2) is 11.0 Å². The molecule has 0 aliphatic carbocycles. The average molecular weight is 487 g/mol. The Morgan fingerprint density at radius 3 is 2.74 bits per heavy atom. The summed E-state index contributed by atoms with van der Waals surface area (Å²) in [5.74, 6) is 2.48. The van der Waals surface area contributed by atoms with Gasteiger partial charge in [-0.1, -0.05) is 30.0 Å². The molecule has 0 bridgehead atoms. The normalized spacial score (nSPS) is 11.6. The molecule has 168 valence electrons. The molecule has 0 N–H and O–H groups in total. The summed E-state index contributed by atoms with van der Waals surface area (Å²) in [6.45, 7) is 2.07. The smallest absolute Gasteiger partial charge is 0.272 e. The van der Waals surface area contributed by atoms with E-state index in [-0.39, 0.29) is 5.56 Å². The van der Waals surface area contributed by atoms with Crippen LogP contribution in [-0.4, -0.2) is 38.9 Å². The zero-order chi connectivity index (χ0) is 23.2. The van der Waals surface area contributed by atoms with Crippen LogP contribution in [0.1, 0.15) is 11.4 Å². The van der Waals surface area contributed by atoms with E-state index in [4.69, 9.17) is 0 Å². The van der Waals surface area contributed by atoms with Crippen LogP contribution in [0.25, 0.3) is 33.1 Å². The average Bonchev–Trinajstić information content (AvgIpc) is 3.60. The van der Waals surface area contributed by atoms with Crippen molar-refractivity contribution in [2.24, 2.45) is 7.05 Å². The van der Waals surface area contributed by atoms with E-state index in [1.165, 1.54) is 27.7 Å². The van der Waals surface area contributed by atoms with Crippen LogP contribution in [0.5, 0.6) is 0 Å². The van der Waals surface area contributed by atoms with E-state index in [1.54, 1.807) is 19.4 Å². The molecule has 0 saturated heterocycles. The standard InChI is InChI=1S/C23H18N8OS2/c1-14-6-3-4-8-16(14)31-20(15-7-5-10-24-12-15)26-28-23(31)34-13-18-25-27-22-29(2)21(32)19-17(30(18)22)9-11-33-19/h3-12H,13H2,1-2H3. The number of fused-ring (bicyclic) bond motifs is 3. The van der Waals surface area contributed by atoms with E-state index >= 15 is 0 Å². The maximum absolute atomic E-state index is 12.6. The van der Waals surface area contributed by atoms with Gasteiger partial charge in [-0.3, -0.25) is 23.3 Å². The molecule has 0 spiro atoms. The molecule has 0 unspecified atom stereocenters. The van der Waals surface area contributed by atoms with Crippen molar-refractivity contribution in [2.75, 3.05) is 0 Å². The van der Waals surface area contributed by atoms with Crippen LogP contribution in [0.15, 0.2) is 70.2 Å². The van der Waals surface area contributed by atoms with E-state index in [2.05, 4.69) is 49.0 Å². The fourth-order valence-corrected chi connectivity index (χ4v) is 5.66. The van der Waals surface area contributed by atoms with Crippen molar-refractivity contribution < 1.29 is 0 Å². The van der Waals surface area contributed by atoms with Gasteiger partial charge in [-0.2, -0.15) is 0 Å². The van der Waals surface area contributed by atoms with Crippen LogP contribution in [-0.2, 0) is 12.8 Å². The molecule has 11 heteroatoms. The fraction of sp³-hybridized carbons (Fsp3) is 0.130. The summed E-state index contributed by atoms with van der Waals surface area (Å²) in [5.41, 5.74) is 3.75. The third-order valence-corrected chi connectivity index (χ3v) is 7.45. The number of pyridine rings is 1. The second-order valence-corrected chi connectivity index (χ2v) is 9.57. The number of thioether (sulfide) groups is 1. The van der Waals surface area contributed by atoms with Crippen molar-refractivity contribution in [1.82, 2.24) is 38.9 Å². The first kappa shape index (κ1) is 20.8. The van der Waals surface area contributed by atoms with Crippen LogP contribution < -0.4 is 5.56 Å². The number of para-hydroxylation sites is 1. The largest absolute Gasteiger partial charge is 0.279 e. The third kappa shape index (κ3) is 3.24. The van der Waals surface area contributed by atoms with Crippen LogP contribution in [0.3, 0.4) is 0 Å². The Morgan fingerprint density at radius 2 is 1.91 bits per heavy atom. The molecule has 34 heavy (non-hydrogen) atoms. The summed E-state index contributed by atoms with van der Waals surface area (Å²) in [6.07, 6.45) is 3.52. The first-order chi connectivity index (χ1) is 16.6. The van der Waals surface area contributed by atoms with Gasteiger partial charge >= 0.3 is 0 Å². The Balaban J connectivity index is 1.45. The summed E-state index contributed by atoms with van der Waals surface area (Å²) in [6, 6.07) is 13.9. The number of hydrogen-bond acceptors (Lipinski definition) is 8. The van der Waals surface area contributed by atoms with E-state index in [0.717, 1.165) is 39.1 Å². The summed E-state index contributed by atoms with van der Waals surface area (Å²) in [5, 5.41) is 20.3. The Bertz CT molecular complexity index is 1710. The highest BCUT2D eigenvalue weighted by atomic mass is 32.2. The summed E-state index contributed by atoms with van der Waals surface area (Å²) < 4.78 is 6.21. The van der Waals surface area contributed by atoms with Crippen molar-refractivity contribution in [2.45, 2.75) is 17.8 Å². The highest BCUT2D eigenvalue weighted by molar-refractivity contribution is 7.98. The van der Waals surface area contributed by atoms with Gasteiger partial charge in [0.2, 0.25) is 5.78 Å². The van der Waals surface area contributed by atoms with Crippen molar-refractivity contribution in [1.29, 1.82) is 0 Å². The molecule has 0 atom stereocenters. The maximum atomic E-state index is 12.6. The monoisotopic (exact) mass is 486 g/mol. The fourth-order valence-electron chi connectivity index (χ4n) is 3.95. The van der Waals surface area contributed by atoms with Gasteiger partial charge in [0.05, 0.1) is 17.0 Å². The number of thiophene rings is 1. The summed E-state index contributed by atoms with van der Waals surface area (Å²) in [4.78, 5) is 16.9. The van der Waals surface area contributed by atoms with Crippen molar-refractivity contribution in [3.05, 3.63) is 82.0 Å². The van der Waals surface area contributed by atoms with E-state index in [9.17, 15) is 4.79 Å². The van der Waals surface area contributed by atoms with E-state index in [0.29, 0.717) is 16.2 Å². The Hall–Kier alpha value is -3.83. The molecule has 0 radical (unpaired) electrons. The van der Waals surface area contributed by atoms with E-state index in [1.807, 2.05) is 40.1 Å². The summed E-state index contributed by atoms with van der Waals surface area (Å²) in [7, 11) is 1.72. The van der Waals surface area contributed by atoms with Gasteiger partial charge in [-0.15, -0.1) is 31.7 Å². The molecule has 0 aliphatic rings. The quantitative estimate of drug-likeness (QED) is 0.341. The first-order valence-corrected chi connectivity index (χ1v) is 12.3. The molecule has 6 aromatic rings. The predicted molar refractivity (Wildman–Crippen MR) is 132 cm³/mol. The third-order valence-electron chi connectivity index (χ3n) is 5.64. The van der Waals surface area contributed by atoms with Gasteiger partial charge in [0.25, 0.3) is 5.56 Å². The maximum Gasteiger partial charge on any atom is 0.272 e. The highest BCUT2D eigenvalue weighted by Gasteiger charge is 2.20. The van der Waals surface area contributed by atoms with Gasteiger partial charge in [-0.05, 0) is 42.1 Å². The predicted octanol–water partition coefficient (Wildman–Crippen LogP) is 3.89. The lowest BCUT2D eigenvalue weighted by molar-refractivity contribution is 0.859. The number of rotatable bonds is 5. The lowest BCUT2D eigenvalue weighted by Crippen LogP contribution is -2.19. The van der Waals surface area contributed by atoms with Crippen LogP contribution in [0.4, 0.5) is 0 Å². The van der Waals surface area contributed by atoms with Gasteiger partial charge in [0, 0.05) is 25.0 Å². The van der Waals surface area contributed by atoms with Gasteiger partial charge in [-0.25, -0.2) is 0 Å². The first-order valence-electron chi connectivity index (χ1n) is 10.5. The molecule has 0 saturated carbocycles. The number of benzene rings is 1. The van der Waals surface area contributed by atoms with Crippen molar-refractivity contribution in [3.63, 3.8) is 0 Å². The van der Waals surface area contributed by atoms with Crippen LogP contribution in [0, 0.1) is 6.92 Å². The molecule has 0 aliphatic heterocycles. The second kappa shape index (κ2) is 8.19. The zero-order valence-electron chi connectivity index (χ0n) is 18.3. The molecule has 9 nitrogen and oxygen atoms in total. The zero-order valence-corrected chi connectivity index (χ0v) is 19.9. The summed E-state index contributed by atoms with van der Waals surface area (Å²) >= 11 is 2.94. The molecule has 1 aromatic carbocycles. The highest BCUT2D eigenvalue weighted by Crippen LogP contribution is 2.31. The van der Waals surface area contributed by atoms with Gasteiger partial charge in [0.1, 0.15) is 10.5 Å². The molecular weight excluding hydrogens is 468 g/mol. The minimum atomic E-state index is -0.0653. The van der Waals surface area contributed by atoms with Gasteiger partial charge < -0.3 is 0 Å². The van der Waals surface area contributed by atoms with Crippen LogP contribution >= 0.6 is 23.1 Å². The van der Waals surface area contributed by atoms with Crippen LogP contribution in [0.2, 0.25) is 0 Å². The molecule has 0 amide bonds. The lowest BCUT2D eigenvalue weighted by Gasteiger charge is -2.12. The topological polar surface area (TPSA) is 95.8 Å². The number of aryl methyl sites for hydroxylation is 2. The Labute approximate surface area is 201 Å². The molecule has 6 rings (SSSR count). The number of nitrogens with zero attached hydrogens (tertiary/aromatic N) is 8. The minimum absolute atomic E-state index is 0.0653. The molecular formula is C23H18N8OS2. The number of hydrogen-bond donors (Lipinski definition) is 0. The van der Waals surface area contributed by atoms with E-state index < -0.39 is 0 Å². The lowest BCUT2D eigenvalue weighted by atomic mass is 10.2. The number of aromatic nitrogens is 8. The molecule has 0 fully saturated rings.